The molecule has 1 aromatic carbocycles. The van der Waals surface area contributed by atoms with E-state index in [0.29, 0.717) is 19.6 Å². The Labute approximate surface area is 119 Å². The minimum atomic E-state index is -0.750. The van der Waals surface area contributed by atoms with E-state index in [1.54, 1.807) is 0 Å². The first-order chi connectivity index (χ1) is 9.05. The first kappa shape index (κ1) is 14.8. The molecular weight excluding hydrogens is 262 g/mol. The molecule has 0 aromatic heterocycles. The van der Waals surface area contributed by atoms with Crippen molar-refractivity contribution in [3.63, 3.8) is 0 Å². The number of nitrogens with one attached hydrogen (secondary N) is 1. The van der Waals surface area contributed by atoms with Gasteiger partial charge in [0, 0.05) is 30.6 Å². The maximum atomic E-state index is 10.5. The summed E-state index contributed by atoms with van der Waals surface area (Å²) in [6.45, 7) is 5.25. The van der Waals surface area contributed by atoms with Crippen LogP contribution in [0, 0.1) is 0 Å². The zero-order valence-electron chi connectivity index (χ0n) is 11.5. The monoisotopic (exact) mass is 283 g/mol. The van der Waals surface area contributed by atoms with Crippen LogP contribution in [0.4, 0.5) is 0 Å². The van der Waals surface area contributed by atoms with E-state index in [1.807, 2.05) is 31.2 Å². The fraction of sp³-hybridized carbons (Fsp3) is 0.600. The van der Waals surface area contributed by atoms with Crippen molar-refractivity contribution in [3.05, 3.63) is 34.9 Å². The van der Waals surface area contributed by atoms with Gasteiger partial charge in [-0.15, -0.1) is 0 Å². The third-order valence-electron chi connectivity index (χ3n) is 3.99. The quantitative estimate of drug-likeness (QED) is 0.873. The molecule has 4 heteroatoms. The summed E-state index contributed by atoms with van der Waals surface area (Å²) in [4.78, 5) is 0. The van der Waals surface area contributed by atoms with Crippen molar-refractivity contribution in [2.24, 2.45) is 0 Å². The third kappa shape index (κ3) is 3.48. The number of benzene rings is 1. The number of aliphatic hydroxyl groups is 1. The highest BCUT2D eigenvalue weighted by molar-refractivity contribution is 6.30. The fourth-order valence-corrected chi connectivity index (χ4v) is 2.62. The molecule has 19 heavy (non-hydrogen) atoms. The number of halogens is 1. The Balaban J connectivity index is 1.98. The van der Waals surface area contributed by atoms with E-state index in [-0.39, 0.29) is 12.1 Å². The fourth-order valence-electron chi connectivity index (χ4n) is 2.50. The highest BCUT2D eigenvalue weighted by Crippen LogP contribution is 2.26. The number of ether oxygens (including phenoxy) is 1. The molecule has 1 aliphatic heterocycles. The van der Waals surface area contributed by atoms with Crippen LogP contribution in [0.2, 0.25) is 5.02 Å². The minimum Gasteiger partial charge on any atom is -0.386 e. The molecule has 1 fully saturated rings. The smallest absolute Gasteiger partial charge is 0.105 e. The van der Waals surface area contributed by atoms with Gasteiger partial charge >= 0.3 is 0 Å². The minimum absolute atomic E-state index is 0.109. The van der Waals surface area contributed by atoms with E-state index in [0.717, 1.165) is 11.4 Å². The maximum Gasteiger partial charge on any atom is 0.105 e. The Bertz CT molecular complexity index is 409. The molecule has 3 nitrogen and oxygen atoms in total. The molecule has 0 spiro atoms. The van der Waals surface area contributed by atoms with Crippen molar-refractivity contribution in [1.29, 1.82) is 0 Å². The molecule has 106 valence electrons. The first-order valence-corrected chi connectivity index (χ1v) is 7.26. The Hall–Kier alpha value is -0.610. The van der Waals surface area contributed by atoms with Gasteiger partial charge in [-0.3, -0.25) is 0 Å². The summed E-state index contributed by atoms with van der Waals surface area (Å²) in [5.74, 6) is 0. The second-order valence-corrected chi connectivity index (χ2v) is 5.70. The van der Waals surface area contributed by atoms with E-state index in [1.165, 1.54) is 5.56 Å². The Morgan fingerprint density at radius 1 is 1.47 bits per heavy atom. The van der Waals surface area contributed by atoms with Crippen LogP contribution in [-0.2, 0) is 4.74 Å². The molecule has 0 radical (unpaired) electrons. The third-order valence-corrected chi connectivity index (χ3v) is 4.25. The van der Waals surface area contributed by atoms with Crippen molar-refractivity contribution in [3.8, 4) is 0 Å². The van der Waals surface area contributed by atoms with Gasteiger partial charge in [0.2, 0.25) is 0 Å². The van der Waals surface area contributed by atoms with Gasteiger partial charge in [-0.1, -0.05) is 30.7 Å². The van der Waals surface area contributed by atoms with Crippen molar-refractivity contribution < 1.29 is 9.84 Å². The summed E-state index contributed by atoms with van der Waals surface area (Å²) < 4.78 is 5.45. The van der Waals surface area contributed by atoms with Crippen molar-refractivity contribution in [2.45, 2.75) is 44.4 Å². The molecule has 2 rings (SSSR count). The van der Waals surface area contributed by atoms with Crippen molar-refractivity contribution in [1.82, 2.24) is 5.32 Å². The van der Waals surface area contributed by atoms with Crippen LogP contribution in [0.25, 0.3) is 0 Å². The second kappa shape index (κ2) is 6.23. The first-order valence-electron chi connectivity index (χ1n) is 6.88. The SMILES string of the molecule is CCC(NCC1(O)CCOC1C)c1ccc(Cl)cc1. The van der Waals surface area contributed by atoms with Gasteiger partial charge in [0.15, 0.2) is 0 Å². The van der Waals surface area contributed by atoms with Gasteiger partial charge in [-0.2, -0.15) is 0 Å². The average Bonchev–Trinajstić information content (AvgIpc) is 2.73. The zero-order valence-corrected chi connectivity index (χ0v) is 12.3. The maximum absolute atomic E-state index is 10.5. The summed E-state index contributed by atoms with van der Waals surface area (Å²) in [7, 11) is 0. The molecule has 1 aromatic rings. The summed E-state index contributed by atoms with van der Waals surface area (Å²) in [5.41, 5.74) is 0.446. The lowest BCUT2D eigenvalue weighted by Crippen LogP contribution is -2.46. The van der Waals surface area contributed by atoms with Gasteiger partial charge in [0.05, 0.1) is 6.10 Å². The highest BCUT2D eigenvalue weighted by Gasteiger charge is 2.39. The number of rotatable bonds is 5. The largest absolute Gasteiger partial charge is 0.386 e. The van der Waals surface area contributed by atoms with E-state index < -0.39 is 5.60 Å². The molecule has 1 heterocycles. The van der Waals surface area contributed by atoms with Gasteiger partial charge in [-0.25, -0.2) is 0 Å². The van der Waals surface area contributed by atoms with Crippen LogP contribution in [0.1, 0.15) is 38.3 Å². The summed E-state index contributed by atoms with van der Waals surface area (Å²) in [6.07, 6.45) is 1.55. The van der Waals surface area contributed by atoms with Crippen molar-refractivity contribution >= 4 is 11.6 Å². The van der Waals surface area contributed by atoms with E-state index in [2.05, 4.69) is 12.2 Å². The molecular formula is C15H22ClNO2. The zero-order chi connectivity index (χ0) is 13.9. The van der Waals surface area contributed by atoms with Crippen LogP contribution < -0.4 is 5.32 Å². The summed E-state index contributed by atoms with van der Waals surface area (Å²) in [5, 5.41) is 14.7. The Morgan fingerprint density at radius 3 is 2.68 bits per heavy atom. The highest BCUT2D eigenvalue weighted by atomic mass is 35.5. The molecule has 0 aliphatic carbocycles. The molecule has 1 aliphatic rings. The Kier molecular flexibility index (Phi) is 4.85. The Morgan fingerprint density at radius 2 is 2.16 bits per heavy atom. The second-order valence-electron chi connectivity index (χ2n) is 5.26. The van der Waals surface area contributed by atoms with Crippen LogP contribution in [-0.4, -0.2) is 30.0 Å². The average molecular weight is 284 g/mol. The van der Waals surface area contributed by atoms with Gasteiger partial charge < -0.3 is 15.2 Å². The van der Waals surface area contributed by atoms with E-state index in [4.69, 9.17) is 16.3 Å². The van der Waals surface area contributed by atoms with E-state index in [9.17, 15) is 5.11 Å². The lowest BCUT2D eigenvalue weighted by Gasteiger charge is -2.29. The number of hydrogen-bond donors (Lipinski definition) is 2. The standard InChI is InChI=1S/C15H22ClNO2/c1-3-14(12-4-6-13(16)7-5-12)17-10-15(18)8-9-19-11(15)2/h4-7,11,14,17-18H,3,8-10H2,1-2H3. The van der Waals surface area contributed by atoms with Gasteiger partial charge in [0.1, 0.15) is 5.60 Å². The topological polar surface area (TPSA) is 41.5 Å². The predicted octanol–water partition coefficient (Wildman–Crippen LogP) is 2.92. The van der Waals surface area contributed by atoms with Crippen LogP contribution in [0.5, 0.6) is 0 Å². The molecule has 0 bridgehead atoms. The lowest BCUT2D eigenvalue weighted by molar-refractivity contribution is -0.0277. The van der Waals surface area contributed by atoms with Gasteiger partial charge in [0.25, 0.3) is 0 Å². The van der Waals surface area contributed by atoms with Gasteiger partial charge in [-0.05, 0) is 31.0 Å². The normalized spacial score (nSPS) is 28.5. The number of hydrogen-bond acceptors (Lipinski definition) is 3. The van der Waals surface area contributed by atoms with E-state index >= 15 is 0 Å². The molecule has 0 amide bonds. The van der Waals surface area contributed by atoms with Crippen LogP contribution in [0.3, 0.4) is 0 Å². The summed E-state index contributed by atoms with van der Waals surface area (Å²) in [6, 6.07) is 8.09. The molecule has 3 atom stereocenters. The van der Waals surface area contributed by atoms with Crippen LogP contribution in [0.15, 0.2) is 24.3 Å². The molecule has 0 saturated carbocycles. The van der Waals surface area contributed by atoms with Crippen LogP contribution >= 0.6 is 11.6 Å². The molecule has 3 unspecified atom stereocenters. The predicted molar refractivity (Wildman–Crippen MR) is 77.5 cm³/mol. The molecule has 2 N–H and O–H groups in total. The molecule has 1 saturated heterocycles. The lowest BCUT2D eigenvalue weighted by atomic mass is 9.95. The van der Waals surface area contributed by atoms with Crippen molar-refractivity contribution in [2.75, 3.05) is 13.2 Å². The summed E-state index contributed by atoms with van der Waals surface area (Å²) >= 11 is 5.90.